The number of hydrazone groups is 1. The van der Waals surface area contributed by atoms with E-state index in [4.69, 9.17) is 10.1 Å². The third-order valence-corrected chi connectivity index (χ3v) is 7.40. The van der Waals surface area contributed by atoms with E-state index >= 15 is 0 Å². The van der Waals surface area contributed by atoms with Crippen molar-refractivity contribution in [2.45, 2.75) is 47.0 Å². The van der Waals surface area contributed by atoms with Gasteiger partial charge in [-0.3, -0.25) is 5.43 Å². The summed E-state index contributed by atoms with van der Waals surface area (Å²) in [7, 11) is 0. The number of nitrogens with one attached hydrogen (secondary N) is 1. The van der Waals surface area contributed by atoms with Crippen LogP contribution in [-0.2, 0) is 0 Å². The van der Waals surface area contributed by atoms with Gasteiger partial charge >= 0.3 is 0 Å². The average Bonchev–Trinajstić information content (AvgIpc) is 3.16. The van der Waals surface area contributed by atoms with Gasteiger partial charge in [-0.05, 0) is 37.5 Å². The Balaban J connectivity index is 1.52. The first-order valence-corrected chi connectivity index (χ1v) is 9.64. The van der Waals surface area contributed by atoms with Gasteiger partial charge in [0.2, 0.25) is 5.13 Å². The number of hydrogen-bond donors (Lipinski definition) is 1. The van der Waals surface area contributed by atoms with Crippen molar-refractivity contribution in [2.24, 2.45) is 21.8 Å². The maximum Gasteiger partial charge on any atom is 0.203 e. The third-order valence-electron chi connectivity index (χ3n) is 6.65. The monoisotopic (exact) mass is 339 g/mol. The number of hydrogen-bond acceptors (Lipinski definition) is 4. The Hall–Kier alpha value is -1.68. The van der Waals surface area contributed by atoms with Crippen LogP contribution in [0.15, 0.2) is 34.7 Å². The molecule has 126 valence electrons. The number of nitrogens with zero attached hydrogens (tertiary/aromatic N) is 2. The van der Waals surface area contributed by atoms with E-state index in [1.165, 1.54) is 24.1 Å². The van der Waals surface area contributed by atoms with Crippen LogP contribution in [0.3, 0.4) is 0 Å². The van der Waals surface area contributed by atoms with Gasteiger partial charge in [0.25, 0.3) is 0 Å². The second-order valence-corrected chi connectivity index (χ2v) is 8.93. The number of anilines is 1. The molecule has 1 heterocycles. The van der Waals surface area contributed by atoms with Gasteiger partial charge in [0, 0.05) is 22.1 Å². The van der Waals surface area contributed by atoms with Crippen LogP contribution in [0.2, 0.25) is 0 Å². The lowest BCUT2D eigenvalue weighted by Crippen LogP contribution is -2.32. The first kappa shape index (κ1) is 15.8. The number of aryl methyl sites for hydroxylation is 1. The standard InChI is InChI=1S/C20H25N3S/c1-13-5-7-14(8-6-13)16-12-24-18(21-16)23-22-17-11-15-9-10-20(17,4)19(15,2)3/h5-8,12,15H,9-11H2,1-4H3,(H,21,23)/b22-17-/t15-,20+/m1/s1. The average molecular weight is 340 g/mol. The number of aromatic nitrogens is 1. The second kappa shape index (κ2) is 5.41. The minimum absolute atomic E-state index is 0.238. The van der Waals surface area contributed by atoms with Gasteiger partial charge in [-0.15, -0.1) is 11.3 Å². The predicted molar refractivity (Wildman–Crippen MR) is 103 cm³/mol. The van der Waals surface area contributed by atoms with Crippen LogP contribution in [-0.4, -0.2) is 10.7 Å². The van der Waals surface area contributed by atoms with E-state index in [-0.39, 0.29) is 5.41 Å². The molecule has 2 aromatic rings. The second-order valence-electron chi connectivity index (χ2n) is 8.07. The maximum absolute atomic E-state index is 4.78. The molecule has 0 aliphatic heterocycles. The predicted octanol–water partition coefficient (Wildman–Crippen LogP) is 5.73. The van der Waals surface area contributed by atoms with Crippen LogP contribution in [0.5, 0.6) is 0 Å². The zero-order valence-electron chi connectivity index (χ0n) is 14.9. The highest BCUT2D eigenvalue weighted by atomic mass is 32.1. The minimum atomic E-state index is 0.238. The fraction of sp³-hybridized carbons (Fsp3) is 0.500. The summed E-state index contributed by atoms with van der Waals surface area (Å²) in [5.74, 6) is 0.780. The lowest BCUT2D eigenvalue weighted by molar-refractivity contribution is 0.194. The van der Waals surface area contributed by atoms with Gasteiger partial charge in [0.05, 0.1) is 5.69 Å². The van der Waals surface area contributed by atoms with Crippen LogP contribution >= 0.6 is 11.3 Å². The fourth-order valence-corrected chi connectivity index (χ4v) is 5.06. The van der Waals surface area contributed by atoms with Crippen LogP contribution in [0, 0.1) is 23.7 Å². The van der Waals surface area contributed by atoms with E-state index in [0.29, 0.717) is 5.41 Å². The number of fused-ring (bicyclic) bond motifs is 2. The summed E-state index contributed by atoms with van der Waals surface area (Å²) in [6, 6.07) is 8.50. The quantitative estimate of drug-likeness (QED) is 0.725. The molecule has 1 N–H and O–H groups in total. The van der Waals surface area contributed by atoms with Crippen LogP contribution in [0.4, 0.5) is 5.13 Å². The zero-order chi connectivity index (χ0) is 16.9. The molecule has 2 saturated carbocycles. The van der Waals surface area contributed by atoms with E-state index in [1.807, 2.05) is 0 Å². The van der Waals surface area contributed by atoms with Crippen molar-refractivity contribution < 1.29 is 0 Å². The number of benzene rings is 1. The van der Waals surface area contributed by atoms with Crippen molar-refractivity contribution in [3.63, 3.8) is 0 Å². The normalized spacial score (nSPS) is 29.3. The number of thiazole rings is 1. The molecule has 3 nitrogen and oxygen atoms in total. The molecule has 24 heavy (non-hydrogen) atoms. The van der Waals surface area contributed by atoms with Gasteiger partial charge in [-0.25, -0.2) is 4.98 Å². The summed E-state index contributed by atoms with van der Waals surface area (Å²) in [6.45, 7) is 9.31. The van der Waals surface area contributed by atoms with Gasteiger partial charge in [-0.1, -0.05) is 50.6 Å². The van der Waals surface area contributed by atoms with E-state index in [1.54, 1.807) is 11.3 Å². The molecule has 0 saturated heterocycles. The molecule has 2 aliphatic rings. The lowest BCUT2D eigenvalue weighted by Gasteiger charge is -2.34. The Bertz CT molecular complexity index is 787. The summed E-state index contributed by atoms with van der Waals surface area (Å²) in [4.78, 5) is 4.69. The highest BCUT2D eigenvalue weighted by Crippen LogP contribution is 2.63. The van der Waals surface area contributed by atoms with E-state index in [2.05, 4.69) is 62.8 Å². The number of rotatable bonds is 3. The molecule has 1 aromatic carbocycles. The van der Waals surface area contributed by atoms with E-state index in [0.717, 1.165) is 28.7 Å². The fourth-order valence-electron chi connectivity index (χ4n) is 4.39. The molecule has 0 radical (unpaired) electrons. The Labute approximate surface area is 148 Å². The Morgan fingerprint density at radius 3 is 2.58 bits per heavy atom. The largest absolute Gasteiger partial charge is 0.253 e. The molecular formula is C20H25N3S. The molecule has 2 atom stereocenters. The molecule has 2 fully saturated rings. The smallest absolute Gasteiger partial charge is 0.203 e. The van der Waals surface area contributed by atoms with Gasteiger partial charge in [-0.2, -0.15) is 5.10 Å². The zero-order valence-corrected chi connectivity index (χ0v) is 15.7. The minimum Gasteiger partial charge on any atom is -0.253 e. The lowest BCUT2D eigenvalue weighted by atomic mass is 9.70. The Morgan fingerprint density at radius 1 is 1.21 bits per heavy atom. The molecule has 4 heteroatoms. The summed E-state index contributed by atoms with van der Waals surface area (Å²) in [5.41, 5.74) is 8.61. The van der Waals surface area contributed by atoms with Crippen molar-refractivity contribution in [3.05, 3.63) is 35.2 Å². The highest BCUT2D eigenvalue weighted by molar-refractivity contribution is 7.14. The van der Waals surface area contributed by atoms with E-state index < -0.39 is 0 Å². The Morgan fingerprint density at radius 2 is 1.96 bits per heavy atom. The van der Waals surface area contributed by atoms with Gasteiger partial charge in [0.1, 0.15) is 0 Å². The molecular weight excluding hydrogens is 314 g/mol. The first-order chi connectivity index (χ1) is 11.4. The molecule has 2 aliphatic carbocycles. The van der Waals surface area contributed by atoms with Crippen molar-refractivity contribution in [2.75, 3.05) is 5.43 Å². The van der Waals surface area contributed by atoms with Gasteiger partial charge < -0.3 is 0 Å². The van der Waals surface area contributed by atoms with E-state index in [9.17, 15) is 0 Å². The van der Waals surface area contributed by atoms with Crippen molar-refractivity contribution in [1.82, 2.24) is 4.98 Å². The molecule has 0 spiro atoms. The van der Waals surface area contributed by atoms with Gasteiger partial charge in [0.15, 0.2) is 0 Å². The summed E-state index contributed by atoms with van der Waals surface area (Å²) in [6.07, 6.45) is 3.74. The molecule has 0 unspecified atom stereocenters. The summed E-state index contributed by atoms with van der Waals surface area (Å²) < 4.78 is 0. The SMILES string of the molecule is Cc1ccc(-c2csc(N/N=C3/C[C@H]4CC[C@]3(C)C4(C)C)n2)cc1. The highest BCUT2D eigenvalue weighted by Gasteiger charge is 2.59. The molecule has 4 rings (SSSR count). The first-order valence-electron chi connectivity index (χ1n) is 8.76. The summed E-state index contributed by atoms with van der Waals surface area (Å²) in [5, 5.41) is 7.75. The Kier molecular flexibility index (Phi) is 3.57. The third kappa shape index (κ3) is 2.31. The summed E-state index contributed by atoms with van der Waals surface area (Å²) >= 11 is 1.62. The molecule has 1 aromatic heterocycles. The molecule has 2 bridgehead atoms. The topological polar surface area (TPSA) is 37.3 Å². The van der Waals surface area contributed by atoms with Crippen molar-refractivity contribution in [1.29, 1.82) is 0 Å². The van der Waals surface area contributed by atoms with Crippen LogP contribution in [0.1, 0.15) is 45.6 Å². The van der Waals surface area contributed by atoms with Crippen LogP contribution < -0.4 is 5.43 Å². The maximum atomic E-state index is 4.78. The van der Waals surface area contributed by atoms with Crippen molar-refractivity contribution >= 4 is 22.2 Å². The van der Waals surface area contributed by atoms with Crippen LogP contribution in [0.25, 0.3) is 11.3 Å². The van der Waals surface area contributed by atoms with Crippen molar-refractivity contribution in [3.8, 4) is 11.3 Å². The molecule has 0 amide bonds.